The van der Waals surface area contributed by atoms with E-state index < -0.39 is 0 Å². The maximum atomic E-state index is 11.9. The van der Waals surface area contributed by atoms with Crippen molar-refractivity contribution in [2.24, 2.45) is 0 Å². The highest BCUT2D eigenvalue weighted by molar-refractivity contribution is 9.13. The summed E-state index contributed by atoms with van der Waals surface area (Å²) in [4.78, 5) is 14.9. The minimum absolute atomic E-state index is 0.0120. The third-order valence-electron chi connectivity index (χ3n) is 2.01. The lowest BCUT2D eigenvalue weighted by Crippen LogP contribution is -2.00. The van der Waals surface area contributed by atoms with Crippen LogP contribution < -0.4 is 0 Å². The Balaban J connectivity index is 2.37. The number of hydrogen-bond donors (Lipinski definition) is 1. The van der Waals surface area contributed by atoms with Crippen molar-refractivity contribution in [2.75, 3.05) is 0 Å². The quantitative estimate of drug-likeness (QED) is 0.836. The van der Waals surface area contributed by atoms with Crippen LogP contribution in [-0.4, -0.2) is 10.8 Å². The smallest absolute Gasteiger partial charge is 0.209 e. The Hall–Kier alpha value is -0.870. The summed E-state index contributed by atoms with van der Waals surface area (Å²) in [6.45, 7) is 0. The first-order valence-corrected chi connectivity index (χ1v) is 5.91. The highest BCUT2D eigenvalue weighted by Gasteiger charge is 2.12. The minimum Gasteiger partial charge on any atom is -0.346 e. The highest BCUT2D eigenvalue weighted by Crippen LogP contribution is 2.24. The van der Waals surface area contributed by atoms with Gasteiger partial charge in [-0.05, 0) is 37.9 Å². The molecule has 2 rings (SSSR count). The molecule has 2 aromatic rings. The molecule has 15 heavy (non-hydrogen) atoms. The molecule has 0 saturated carbocycles. The molecular weight excluding hydrogens is 322 g/mol. The maximum Gasteiger partial charge on any atom is 0.209 e. The third kappa shape index (κ3) is 2.21. The van der Waals surface area contributed by atoms with Crippen molar-refractivity contribution in [1.29, 1.82) is 0 Å². The van der Waals surface area contributed by atoms with Crippen molar-refractivity contribution in [3.8, 4) is 0 Å². The zero-order valence-corrected chi connectivity index (χ0v) is 10.8. The first kappa shape index (κ1) is 10.6. The van der Waals surface area contributed by atoms with Gasteiger partial charge < -0.3 is 4.98 Å². The van der Waals surface area contributed by atoms with E-state index in [1.54, 1.807) is 18.2 Å². The van der Waals surface area contributed by atoms with Crippen LogP contribution in [0.5, 0.6) is 0 Å². The van der Waals surface area contributed by atoms with E-state index in [4.69, 9.17) is 0 Å². The summed E-state index contributed by atoms with van der Waals surface area (Å²) < 4.78 is 1.63. The molecule has 0 radical (unpaired) electrons. The molecule has 1 N–H and O–H groups in total. The van der Waals surface area contributed by atoms with Gasteiger partial charge in [0, 0.05) is 5.56 Å². The Bertz CT molecular complexity index is 471. The van der Waals surface area contributed by atoms with E-state index in [2.05, 4.69) is 36.8 Å². The number of aromatic amines is 1. The largest absolute Gasteiger partial charge is 0.346 e. The fraction of sp³-hybridized carbons (Fsp3) is 0. The topological polar surface area (TPSA) is 32.9 Å². The summed E-state index contributed by atoms with van der Waals surface area (Å²) >= 11 is 6.63. The second kappa shape index (κ2) is 4.33. The van der Waals surface area contributed by atoms with Crippen molar-refractivity contribution < 1.29 is 4.79 Å². The van der Waals surface area contributed by atoms with E-state index >= 15 is 0 Å². The van der Waals surface area contributed by atoms with Gasteiger partial charge in [0.2, 0.25) is 5.78 Å². The van der Waals surface area contributed by atoms with Crippen molar-refractivity contribution in [3.05, 3.63) is 56.7 Å². The average Bonchev–Trinajstić information content (AvgIpc) is 2.59. The fourth-order valence-corrected chi connectivity index (χ4v) is 1.93. The molecule has 0 aliphatic heterocycles. The van der Waals surface area contributed by atoms with Gasteiger partial charge in [0.1, 0.15) is 0 Å². The summed E-state index contributed by atoms with van der Waals surface area (Å²) in [5, 5.41) is 0. The lowest BCUT2D eigenvalue weighted by atomic mass is 10.1. The van der Waals surface area contributed by atoms with E-state index in [1.807, 2.05) is 18.2 Å². The number of ketones is 1. The number of benzene rings is 1. The van der Waals surface area contributed by atoms with Crippen LogP contribution in [0.2, 0.25) is 0 Å². The molecular formula is C11H7Br2NO. The second-order valence-electron chi connectivity index (χ2n) is 3.04. The predicted molar refractivity (Wildman–Crippen MR) is 66.1 cm³/mol. The first-order valence-electron chi connectivity index (χ1n) is 4.32. The van der Waals surface area contributed by atoms with Crippen LogP contribution >= 0.6 is 31.9 Å². The van der Waals surface area contributed by atoms with Crippen LogP contribution in [0.1, 0.15) is 16.1 Å². The normalized spacial score (nSPS) is 10.3. The Morgan fingerprint density at radius 3 is 2.33 bits per heavy atom. The Morgan fingerprint density at radius 1 is 1.13 bits per heavy atom. The number of aromatic nitrogens is 1. The number of halogens is 2. The van der Waals surface area contributed by atoms with Gasteiger partial charge in [0.25, 0.3) is 0 Å². The van der Waals surface area contributed by atoms with E-state index in [1.165, 1.54) is 0 Å². The summed E-state index contributed by atoms with van der Waals surface area (Å²) in [6.07, 6.45) is 0. The molecule has 0 saturated heterocycles. The first-order chi connectivity index (χ1) is 7.18. The molecule has 0 fully saturated rings. The molecule has 4 heteroatoms. The van der Waals surface area contributed by atoms with Crippen LogP contribution in [0.15, 0.2) is 45.5 Å². The second-order valence-corrected chi connectivity index (χ2v) is 4.69. The van der Waals surface area contributed by atoms with Crippen LogP contribution in [0.3, 0.4) is 0 Å². The Kier molecular flexibility index (Phi) is 3.07. The van der Waals surface area contributed by atoms with Gasteiger partial charge >= 0.3 is 0 Å². The van der Waals surface area contributed by atoms with Crippen molar-refractivity contribution >= 4 is 37.6 Å². The molecule has 1 aromatic heterocycles. The fourth-order valence-electron chi connectivity index (χ4n) is 1.27. The monoisotopic (exact) mass is 327 g/mol. The lowest BCUT2D eigenvalue weighted by Gasteiger charge is -1.96. The molecule has 0 aliphatic rings. The number of rotatable bonds is 2. The number of carbonyl (C=O) groups is 1. The third-order valence-corrected chi connectivity index (χ3v) is 3.79. The molecule has 2 nitrogen and oxygen atoms in total. The standard InChI is InChI=1S/C11H7Br2NO/c12-8-6-9(14-11(8)13)10(15)7-4-2-1-3-5-7/h1-6,14H. The Morgan fingerprint density at radius 2 is 1.80 bits per heavy atom. The maximum absolute atomic E-state index is 11.9. The van der Waals surface area contributed by atoms with E-state index in [9.17, 15) is 4.79 Å². The van der Waals surface area contributed by atoms with E-state index in [0.717, 1.165) is 9.08 Å². The zero-order chi connectivity index (χ0) is 10.8. The average molecular weight is 329 g/mol. The molecule has 0 bridgehead atoms. The SMILES string of the molecule is O=C(c1ccccc1)c1cc(Br)c(Br)[nH]1. The Labute approximate surface area is 104 Å². The van der Waals surface area contributed by atoms with Gasteiger partial charge in [-0.3, -0.25) is 4.79 Å². The highest BCUT2D eigenvalue weighted by atomic mass is 79.9. The van der Waals surface area contributed by atoms with Crippen molar-refractivity contribution in [2.45, 2.75) is 0 Å². The molecule has 76 valence electrons. The van der Waals surface area contributed by atoms with Crippen LogP contribution in [0, 0.1) is 0 Å². The predicted octanol–water partition coefficient (Wildman–Crippen LogP) is 3.77. The van der Waals surface area contributed by atoms with Gasteiger partial charge in [-0.15, -0.1) is 0 Å². The summed E-state index contributed by atoms with van der Waals surface area (Å²) in [5.74, 6) is -0.0120. The molecule has 0 atom stereocenters. The molecule has 0 aliphatic carbocycles. The molecule has 0 amide bonds. The van der Waals surface area contributed by atoms with Crippen LogP contribution in [-0.2, 0) is 0 Å². The van der Waals surface area contributed by atoms with Crippen LogP contribution in [0.4, 0.5) is 0 Å². The number of H-pyrrole nitrogens is 1. The lowest BCUT2D eigenvalue weighted by molar-refractivity contribution is 0.103. The number of carbonyl (C=O) groups excluding carboxylic acids is 1. The van der Waals surface area contributed by atoms with E-state index in [0.29, 0.717) is 11.3 Å². The van der Waals surface area contributed by atoms with Gasteiger partial charge in [0.05, 0.1) is 14.8 Å². The molecule has 0 spiro atoms. The van der Waals surface area contributed by atoms with Gasteiger partial charge in [-0.2, -0.15) is 0 Å². The zero-order valence-electron chi connectivity index (χ0n) is 7.63. The summed E-state index contributed by atoms with van der Waals surface area (Å²) in [6, 6.07) is 10.9. The van der Waals surface area contributed by atoms with Gasteiger partial charge in [-0.1, -0.05) is 30.3 Å². The van der Waals surface area contributed by atoms with E-state index in [-0.39, 0.29) is 5.78 Å². The van der Waals surface area contributed by atoms with Gasteiger partial charge in [0.15, 0.2) is 0 Å². The molecule has 1 heterocycles. The number of nitrogens with one attached hydrogen (secondary N) is 1. The minimum atomic E-state index is -0.0120. The summed E-state index contributed by atoms with van der Waals surface area (Å²) in [7, 11) is 0. The summed E-state index contributed by atoms with van der Waals surface area (Å²) in [5.41, 5.74) is 1.25. The number of hydrogen-bond acceptors (Lipinski definition) is 1. The van der Waals surface area contributed by atoms with Crippen LogP contribution in [0.25, 0.3) is 0 Å². The molecule has 0 unspecified atom stereocenters. The van der Waals surface area contributed by atoms with Crippen molar-refractivity contribution in [1.82, 2.24) is 4.98 Å². The molecule has 1 aromatic carbocycles. The van der Waals surface area contributed by atoms with Crippen molar-refractivity contribution in [3.63, 3.8) is 0 Å². The van der Waals surface area contributed by atoms with Gasteiger partial charge in [-0.25, -0.2) is 0 Å².